The number of anilines is 1. The van der Waals surface area contributed by atoms with E-state index in [1.807, 2.05) is 0 Å². The van der Waals surface area contributed by atoms with Gasteiger partial charge in [0, 0.05) is 6.54 Å². The van der Waals surface area contributed by atoms with E-state index in [4.69, 9.17) is 0 Å². The maximum absolute atomic E-state index is 13.3. The highest BCUT2D eigenvalue weighted by molar-refractivity contribution is 7.07. The molecule has 4 nitrogen and oxygen atoms in total. The Kier molecular flexibility index (Phi) is 4.65. The van der Waals surface area contributed by atoms with Gasteiger partial charge >= 0.3 is 6.03 Å². The van der Waals surface area contributed by atoms with Crippen LogP contribution in [-0.2, 0) is 0 Å². The molecular weight excluding hydrogens is 286 g/mol. The van der Waals surface area contributed by atoms with Gasteiger partial charge in [0.15, 0.2) is 11.6 Å². The smallest absolute Gasteiger partial charge is 0.319 e. The molecule has 106 valence electrons. The number of thiophene rings is 1. The number of carbonyl (C=O) groups excluding carboxylic acids is 1. The molecule has 20 heavy (non-hydrogen) atoms. The minimum Gasteiger partial charge on any atom is -0.387 e. The molecule has 1 aromatic heterocycles. The standard InChI is InChI=1S/C13H12F2N2O2S/c14-9-2-1-3-10(12(9)15)17-13(19)16-6-11(18)8-4-5-20-7-8/h1-5,7,11,18H,6H2,(H2,16,17,19). The van der Waals surface area contributed by atoms with Crippen LogP contribution in [-0.4, -0.2) is 17.7 Å². The fourth-order valence-corrected chi connectivity index (χ4v) is 2.25. The maximum atomic E-state index is 13.3. The minimum absolute atomic E-state index is 0.0283. The molecule has 0 saturated carbocycles. The average Bonchev–Trinajstić information content (AvgIpc) is 2.95. The highest BCUT2D eigenvalue weighted by Crippen LogP contribution is 2.17. The van der Waals surface area contributed by atoms with Crippen LogP contribution < -0.4 is 10.6 Å². The van der Waals surface area contributed by atoms with Crippen molar-refractivity contribution in [1.82, 2.24) is 5.32 Å². The van der Waals surface area contributed by atoms with Crippen molar-refractivity contribution >= 4 is 23.1 Å². The summed E-state index contributed by atoms with van der Waals surface area (Å²) in [6.45, 7) is -0.0283. The lowest BCUT2D eigenvalue weighted by Gasteiger charge is -2.12. The third-order valence-electron chi connectivity index (χ3n) is 2.58. The van der Waals surface area contributed by atoms with Gasteiger partial charge in [-0.15, -0.1) is 0 Å². The molecule has 0 spiro atoms. The van der Waals surface area contributed by atoms with Gasteiger partial charge in [-0.05, 0) is 34.5 Å². The molecule has 0 fully saturated rings. The van der Waals surface area contributed by atoms with Crippen molar-refractivity contribution in [3.63, 3.8) is 0 Å². The van der Waals surface area contributed by atoms with Gasteiger partial charge in [-0.1, -0.05) is 6.07 Å². The molecule has 7 heteroatoms. The second kappa shape index (κ2) is 6.44. The van der Waals surface area contributed by atoms with Gasteiger partial charge in [-0.2, -0.15) is 11.3 Å². The van der Waals surface area contributed by atoms with Gasteiger partial charge in [0.25, 0.3) is 0 Å². The number of amides is 2. The summed E-state index contributed by atoms with van der Waals surface area (Å²) < 4.78 is 26.3. The Morgan fingerprint density at radius 3 is 2.85 bits per heavy atom. The summed E-state index contributed by atoms with van der Waals surface area (Å²) in [4.78, 5) is 11.5. The van der Waals surface area contributed by atoms with Crippen molar-refractivity contribution in [2.45, 2.75) is 6.10 Å². The average molecular weight is 298 g/mol. The first-order valence-corrected chi connectivity index (χ1v) is 6.71. The van der Waals surface area contributed by atoms with E-state index in [-0.39, 0.29) is 12.2 Å². The van der Waals surface area contributed by atoms with Gasteiger partial charge in [0.2, 0.25) is 0 Å². The first-order chi connectivity index (χ1) is 9.58. The Hall–Kier alpha value is -1.99. The van der Waals surface area contributed by atoms with Crippen molar-refractivity contribution in [2.75, 3.05) is 11.9 Å². The lowest BCUT2D eigenvalue weighted by atomic mass is 10.2. The van der Waals surface area contributed by atoms with Crippen molar-refractivity contribution < 1.29 is 18.7 Å². The molecule has 1 heterocycles. The summed E-state index contributed by atoms with van der Waals surface area (Å²) in [5.74, 6) is -2.16. The predicted molar refractivity (Wildman–Crippen MR) is 72.7 cm³/mol. The number of aliphatic hydroxyl groups is 1. The number of halogens is 2. The van der Waals surface area contributed by atoms with Crippen molar-refractivity contribution in [2.24, 2.45) is 0 Å². The molecule has 0 aliphatic rings. The molecular formula is C13H12F2N2O2S. The van der Waals surface area contributed by atoms with Crippen LogP contribution in [0, 0.1) is 11.6 Å². The highest BCUT2D eigenvalue weighted by atomic mass is 32.1. The molecule has 1 aromatic carbocycles. The lowest BCUT2D eigenvalue weighted by molar-refractivity contribution is 0.175. The van der Waals surface area contributed by atoms with Crippen LogP contribution in [0.15, 0.2) is 35.0 Å². The number of hydrogen-bond donors (Lipinski definition) is 3. The molecule has 2 amide bonds. The number of urea groups is 1. The predicted octanol–water partition coefficient (Wildman–Crippen LogP) is 2.88. The van der Waals surface area contributed by atoms with E-state index >= 15 is 0 Å². The molecule has 0 radical (unpaired) electrons. The Balaban J connectivity index is 1.88. The zero-order valence-electron chi connectivity index (χ0n) is 10.3. The molecule has 0 aliphatic carbocycles. The molecule has 1 unspecified atom stereocenters. The molecule has 0 bridgehead atoms. The number of nitrogens with one attached hydrogen (secondary N) is 2. The van der Waals surface area contributed by atoms with Gasteiger partial charge in [-0.25, -0.2) is 13.6 Å². The summed E-state index contributed by atoms with van der Waals surface area (Å²) in [5.41, 5.74) is 0.430. The monoisotopic (exact) mass is 298 g/mol. The molecule has 0 saturated heterocycles. The van der Waals surface area contributed by atoms with E-state index in [0.29, 0.717) is 5.56 Å². The Morgan fingerprint density at radius 2 is 2.15 bits per heavy atom. The van der Waals surface area contributed by atoms with E-state index in [9.17, 15) is 18.7 Å². The van der Waals surface area contributed by atoms with Crippen LogP contribution in [0.2, 0.25) is 0 Å². The van der Waals surface area contributed by atoms with Crippen LogP contribution in [0.4, 0.5) is 19.3 Å². The van der Waals surface area contributed by atoms with Crippen LogP contribution in [0.1, 0.15) is 11.7 Å². The zero-order valence-corrected chi connectivity index (χ0v) is 11.1. The topological polar surface area (TPSA) is 61.4 Å². The van der Waals surface area contributed by atoms with E-state index in [1.54, 1.807) is 16.8 Å². The molecule has 1 atom stereocenters. The third kappa shape index (κ3) is 3.52. The molecule has 3 N–H and O–H groups in total. The van der Waals surface area contributed by atoms with E-state index < -0.39 is 23.8 Å². The van der Waals surface area contributed by atoms with Gasteiger partial charge in [0.05, 0.1) is 11.8 Å². The minimum atomic E-state index is -1.12. The summed E-state index contributed by atoms with van der Waals surface area (Å²) in [5, 5.41) is 17.9. The summed E-state index contributed by atoms with van der Waals surface area (Å²) >= 11 is 1.43. The first kappa shape index (κ1) is 14.4. The molecule has 2 rings (SSSR count). The fourth-order valence-electron chi connectivity index (χ4n) is 1.54. The van der Waals surface area contributed by atoms with E-state index in [1.165, 1.54) is 23.5 Å². The maximum Gasteiger partial charge on any atom is 0.319 e. The second-order valence-corrected chi connectivity index (χ2v) is 4.79. The van der Waals surface area contributed by atoms with Gasteiger partial charge in [-0.3, -0.25) is 0 Å². The lowest BCUT2D eigenvalue weighted by Crippen LogP contribution is -2.32. The summed E-state index contributed by atoms with van der Waals surface area (Å²) in [6.07, 6.45) is -0.843. The first-order valence-electron chi connectivity index (χ1n) is 5.77. The number of aliphatic hydroxyl groups excluding tert-OH is 1. The fraction of sp³-hybridized carbons (Fsp3) is 0.154. The van der Waals surface area contributed by atoms with Crippen LogP contribution in [0.25, 0.3) is 0 Å². The Bertz CT molecular complexity index is 590. The third-order valence-corrected chi connectivity index (χ3v) is 3.29. The SMILES string of the molecule is O=C(NCC(O)c1ccsc1)Nc1cccc(F)c1F. The van der Waals surface area contributed by atoms with Crippen molar-refractivity contribution in [3.8, 4) is 0 Å². The largest absolute Gasteiger partial charge is 0.387 e. The van der Waals surface area contributed by atoms with Gasteiger partial charge in [0.1, 0.15) is 0 Å². The number of rotatable bonds is 4. The van der Waals surface area contributed by atoms with Gasteiger partial charge < -0.3 is 15.7 Å². The molecule has 0 aliphatic heterocycles. The van der Waals surface area contributed by atoms with Crippen molar-refractivity contribution in [3.05, 3.63) is 52.2 Å². The highest BCUT2D eigenvalue weighted by Gasteiger charge is 2.12. The van der Waals surface area contributed by atoms with Crippen LogP contribution in [0.5, 0.6) is 0 Å². The van der Waals surface area contributed by atoms with E-state index in [2.05, 4.69) is 10.6 Å². The number of hydrogen-bond acceptors (Lipinski definition) is 3. The Morgan fingerprint density at radius 1 is 1.35 bits per heavy atom. The summed E-state index contributed by atoms with van der Waals surface area (Å²) in [7, 11) is 0. The van der Waals surface area contributed by atoms with Crippen molar-refractivity contribution in [1.29, 1.82) is 0 Å². The molecule has 2 aromatic rings. The normalized spacial score (nSPS) is 11.9. The number of benzene rings is 1. The van der Waals surface area contributed by atoms with Crippen LogP contribution in [0.3, 0.4) is 0 Å². The second-order valence-electron chi connectivity index (χ2n) is 4.01. The van der Waals surface area contributed by atoms with Crippen LogP contribution >= 0.6 is 11.3 Å². The van der Waals surface area contributed by atoms with E-state index in [0.717, 1.165) is 6.07 Å². The Labute approximate surface area is 118 Å². The zero-order chi connectivity index (χ0) is 14.5. The summed E-state index contributed by atoms with van der Waals surface area (Å²) in [6, 6.07) is 4.50. The number of carbonyl (C=O) groups is 1. The quantitative estimate of drug-likeness (QED) is 0.813.